The predicted molar refractivity (Wildman–Crippen MR) is 169 cm³/mol. The van der Waals surface area contributed by atoms with Gasteiger partial charge in [0.25, 0.3) is 0 Å². The van der Waals surface area contributed by atoms with Crippen molar-refractivity contribution in [2.75, 3.05) is 6.54 Å². The normalized spacial score (nSPS) is 9.71. The summed E-state index contributed by atoms with van der Waals surface area (Å²) in [5.74, 6) is 1.24. The molecule has 38 heavy (non-hydrogen) atoms. The molecule has 216 valence electrons. The number of rotatable bonds is 7. The second-order valence-corrected chi connectivity index (χ2v) is 7.00. The minimum atomic E-state index is 0.412. The Bertz CT molecular complexity index is 849. The first-order valence-corrected chi connectivity index (χ1v) is 14.7. The number of ketones is 1. The molecule has 5 heteroatoms. The summed E-state index contributed by atoms with van der Waals surface area (Å²) < 4.78 is 5.07. The lowest BCUT2D eigenvalue weighted by Crippen LogP contribution is -1.93. The van der Waals surface area contributed by atoms with E-state index in [-0.39, 0.29) is 0 Å². The number of aromatic nitrogens is 1. The minimum Gasteiger partial charge on any atom is -0.361 e. The predicted octanol–water partition coefficient (Wildman–Crippen LogP) is 10.7. The number of nitrogens with zero attached hydrogens (tertiary/aromatic N) is 3. The van der Waals surface area contributed by atoms with Gasteiger partial charge in [0.15, 0.2) is 0 Å². The highest BCUT2D eigenvalue weighted by molar-refractivity contribution is 6.11. The highest BCUT2D eigenvalue weighted by Gasteiger charge is 2.06. The van der Waals surface area contributed by atoms with E-state index in [1.807, 2.05) is 101 Å². The van der Waals surface area contributed by atoms with Crippen molar-refractivity contribution in [3.8, 4) is 17.3 Å². The fourth-order valence-electron chi connectivity index (χ4n) is 2.68. The fourth-order valence-corrected chi connectivity index (χ4v) is 2.68. The summed E-state index contributed by atoms with van der Waals surface area (Å²) in [6.45, 7) is 24.7. The van der Waals surface area contributed by atoms with Crippen LogP contribution in [0, 0.1) is 18.3 Å². The molecule has 1 aromatic heterocycles. The van der Waals surface area contributed by atoms with Crippen LogP contribution in [0.15, 0.2) is 45.9 Å². The van der Waals surface area contributed by atoms with Crippen LogP contribution in [0.5, 0.6) is 0 Å². The number of aryl methyl sites for hydroxylation is 1. The summed E-state index contributed by atoms with van der Waals surface area (Å²) in [7, 11) is 0. The van der Waals surface area contributed by atoms with Gasteiger partial charge in [-0.3, -0.25) is 9.79 Å². The number of allylic oxidation sites excluding steroid dienone is 1. The molecule has 0 fully saturated rings. The van der Waals surface area contributed by atoms with Crippen LogP contribution in [0.25, 0.3) is 16.8 Å². The Kier molecular flexibility index (Phi) is 37.7. The van der Waals surface area contributed by atoms with Crippen molar-refractivity contribution in [1.29, 1.82) is 5.26 Å². The van der Waals surface area contributed by atoms with Gasteiger partial charge in [0.05, 0.1) is 12.6 Å². The van der Waals surface area contributed by atoms with E-state index in [1.54, 1.807) is 0 Å². The van der Waals surface area contributed by atoms with Crippen LogP contribution in [-0.4, -0.2) is 23.7 Å². The SMILES string of the molecule is CC.CC.CC.CC.CCCC#N.CCCC(=O)CCC.Cc1cc(-c2ccc(C3=CCN=C3)cc2)no1. The Morgan fingerprint density at radius 1 is 0.868 bits per heavy atom. The quantitative estimate of drug-likeness (QED) is 0.358. The molecule has 0 radical (unpaired) electrons. The number of benzene rings is 1. The van der Waals surface area contributed by atoms with Crippen LogP contribution in [0.2, 0.25) is 0 Å². The topological polar surface area (TPSA) is 79.2 Å². The average molecular weight is 528 g/mol. The van der Waals surface area contributed by atoms with Gasteiger partial charge in [0.1, 0.15) is 17.2 Å². The Balaban J connectivity index is -0.000000233. The van der Waals surface area contributed by atoms with Crippen molar-refractivity contribution in [2.24, 2.45) is 4.99 Å². The van der Waals surface area contributed by atoms with Crippen LogP contribution in [0.3, 0.4) is 0 Å². The Labute approximate surface area is 235 Å². The smallest absolute Gasteiger partial charge is 0.134 e. The number of hydrogen-bond donors (Lipinski definition) is 0. The average Bonchev–Trinajstić information content (AvgIpc) is 3.67. The van der Waals surface area contributed by atoms with E-state index >= 15 is 0 Å². The molecule has 2 aromatic rings. The van der Waals surface area contributed by atoms with Crippen molar-refractivity contribution in [2.45, 2.75) is 122 Å². The second-order valence-electron chi connectivity index (χ2n) is 7.00. The zero-order valence-electron chi connectivity index (χ0n) is 26.6. The van der Waals surface area contributed by atoms with Gasteiger partial charge < -0.3 is 4.52 Å². The van der Waals surface area contributed by atoms with Crippen LogP contribution >= 0.6 is 0 Å². The molecule has 0 saturated carbocycles. The zero-order chi connectivity index (χ0) is 30.2. The molecule has 0 aliphatic carbocycles. The van der Waals surface area contributed by atoms with Crippen LogP contribution < -0.4 is 0 Å². The monoisotopic (exact) mass is 527 g/mol. The van der Waals surface area contributed by atoms with E-state index in [0.717, 1.165) is 55.7 Å². The number of Topliss-reactive ketones (excluding diaryl/α,β-unsaturated/α-hetero) is 1. The summed E-state index contributed by atoms with van der Waals surface area (Å²) in [4.78, 5) is 14.8. The lowest BCUT2D eigenvalue weighted by Gasteiger charge is -2.00. The molecule has 0 spiro atoms. The largest absolute Gasteiger partial charge is 0.361 e. The maximum absolute atomic E-state index is 10.6. The Morgan fingerprint density at radius 3 is 1.68 bits per heavy atom. The van der Waals surface area contributed by atoms with Crippen molar-refractivity contribution >= 4 is 17.6 Å². The van der Waals surface area contributed by atoms with Gasteiger partial charge in [0, 0.05) is 37.1 Å². The van der Waals surface area contributed by atoms with Gasteiger partial charge >= 0.3 is 0 Å². The van der Waals surface area contributed by atoms with Gasteiger partial charge in [-0.25, -0.2) is 0 Å². The van der Waals surface area contributed by atoms with E-state index in [1.165, 1.54) is 11.1 Å². The molecular weight excluding hydrogens is 470 g/mol. The third-order valence-electron chi connectivity index (χ3n) is 4.21. The molecule has 1 aliphatic heterocycles. The fraction of sp³-hybridized carbons (Fsp3) is 0.576. The van der Waals surface area contributed by atoms with Crippen molar-refractivity contribution in [3.05, 3.63) is 47.7 Å². The van der Waals surface area contributed by atoms with E-state index in [9.17, 15) is 4.79 Å². The maximum atomic E-state index is 10.6. The van der Waals surface area contributed by atoms with Gasteiger partial charge in [0.2, 0.25) is 0 Å². The first kappa shape index (κ1) is 42.1. The zero-order valence-corrected chi connectivity index (χ0v) is 26.6. The summed E-state index contributed by atoms with van der Waals surface area (Å²) in [6.07, 6.45) is 9.25. The lowest BCUT2D eigenvalue weighted by molar-refractivity contribution is -0.119. The molecule has 2 heterocycles. The van der Waals surface area contributed by atoms with E-state index in [4.69, 9.17) is 9.78 Å². The van der Waals surface area contributed by atoms with Crippen molar-refractivity contribution in [1.82, 2.24) is 5.16 Å². The maximum Gasteiger partial charge on any atom is 0.134 e. The lowest BCUT2D eigenvalue weighted by atomic mass is 10.0. The van der Waals surface area contributed by atoms with Gasteiger partial charge in [-0.05, 0) is 37.3 Å². The van der Waals surface area contributed by atoms with Crippen LogP contribution in [0.1, 0.15) is 126 Å². The second kappa shape index (κ2) is 34.0. The standard InChI is InChI=1S/C14H12N2O.C7H14O.C4H7N.4C2H6/c1-10-8-14(16-17-10)12-4-2-11(3-5-12)13-6-7-15-9-13;1-3-5-7(8)6-4-2;1-2-3-4-5;4*1-2/h2-6,8-9H,7H2,1H3;3-6H2,1-2H3;2-3H2,1H3;4*1-2H3. The molecule has 0 atom stereocenters. The molecule has 1 aliphatic rings. The van der Waals surface area contributed by atoms with E-state index in [0.29, 0.717) is 12.2 Å². The molecule has 1 aromatic carbocycles. The summed E-state index contributed by atoms with van der Waals surface area (Å²) in [5, 5.41) is 11.8. The number of carbonyl (C=O) groups is 1. The highest BCUT2D eigenvalue weighted by Crippen LogP contribution is 2.22. The van der Waals surface area contributed by atoms with Crippen molar-refractivity contribution in [3.63, 3.8) is 0 Å². The first-order chi connectivity index (χ1) is 18.5. The molecule has 0 amide bonds. The third-order valence-corrected chi connectivity index (χ3v) is 4.21. The molecule has 0 saturated heterocycles. The molecule has 0 unspecified atom stereocenters. The first-order valence-electron chi connectivity index (χ1n) is 14.7. The molecule has 3 rings (SSSR count). The van der Waals surface area contributed by atoms with E-state index < -0.39 is 0 Å². The van der Waals surface area contributed by atoms with Crippen LogP contribution in [-0.2, 0) is 4.79 Å². The number of aliphatic imine (C=N–C) groups is 1. The number of carbonyl (C=O) groups excluding carboxylic acids is 1. The van der Waals surface area contributed by atoms with Crippen LogP contribution in [0.4, 0.5) is 0 Å². The number of hydrogen-bond acceptors (Lipinski definition) is 5. The van der Waals surface area contributed by atoms with Crippen molar-refractivity contribution < 1.29 is 9.32 Å². The minimum absolute atomic E-state index is 0.412. The summed E-state index contributed by atoms with van der Waals surface area (Å²) in [5.41, 5.74) is 4.33. The highest BCUT2D eigenvalue weighted by atomic mass is 16.5. The molecule has 0 bridgehead atoms. The van der Waals surface area contributed by atoms with Gasteiger partial charge in [-0.2, -0.15) is 5.26 Å². The van der Waals surface area contributed by atoms with Gasteiger partial charge in [-0.15, -0.1) is 0 Å². The summed E-state index contributed by atoms with van der Waals surface area (Å²) >= 11 is 0. The Morgan fingerprint density at radius 2 is 1.37 bits per heavy atom. The Hall–Kier alpha value is -3.00. The molecule has 0 N–H and O–H groups in total. The molecule has 5 nitrogen and oxygen atoms in total. The summed E-state index contributed by atoms with van der Waals surface area (Å²) in [6, 6.07) is 12.2. The third kappa shape index (κ3) is 22.2. The van der Waals surface area contributed by atoms with E-state index in [2.05, 4.69) is 40.5 Å². The molecular formula is C33H57N3O2. The van der Waals surface area contributed by atoms with Gasteiger partial charge in [-0.1, -0.05) is 112 Å². The number of nitriles is 1. The number of unbranched alkanes of at least 4 members (excludes halogenated alkanes) is 1.